The van der Waals surface area contributed by atoms with Crippen molar-refractivity contribution in [3.8, 4) is 11.5 Å². The zero-order valence-corrected chi connectivity index (χ0v) is 16.2. The van der Waals surface area contributed by atoms with E-state index in [0.717, 1.165) is 4.31 Å². The molecule has 0 saturated heterocycles. The summed E-state index contributed by atoms with van der Waals surface area (Å²) in [6, 6.07) is 9.82. The molecule has 28 heavy (non-hydrogen) atoms. The molecular formula is C19H19F2NO5S. The van der Waals surface area contributed by atoms with E-state index < -0.39 is 16.6 Å². The van der Waals surface area contributed by atoms with E-state index in [1.807, 2.05) is 0 Å². The lowest BCUT2D eigenvalue weighted by atomic mass is 10.1. The molecule has 150 valence electrons. The van der Waals surface area contributed by atoms with Gasteiger partial charge in [0.1, 0.15) is 0 Å². The average molecular weight is 411 g/mol. The van der Waals surface area contributed by atoms with Gasteiger partial charge in [-0.15, -0.1) is 0 Å². The Balaban J connectivity index is 2.17. The largest absolute Gasteiger partial charge is 0.493 e. The van der Waals surface area contributed by atoms with Gasteiger partial charge in [0.2, 0.25) is 10.0 Å². The highest BCUT2D eigenvalue weighted by atomic mass is 32.2. The minimum absolute atomic E-state index is 0.0809. The summed E-state index contributed by atoms with van der Waals surface area (Å²) < 4.78 is 59.2. The van der Waals surface area contributed by atoms with Crippen LogP contribution in [0.4, 0.5) is 8.78 Å². The molecule has 0 amide bonds. The van der Waals surface area contributed by atoms with E-state index in [0.29, 0.717) is 11.1 Å². The van der Waals surface area contributed by atoms with Crippen LogP contribution >= 0.6 is 0 Å². The van der Waals surface area contributed by atoms with Gasteiger partial charge >= 0.3 is 6.61 Å². The summed E-state index contributed by atoms with van der Waals surface area (Å²) in [6.45, 7) is -2.98. The van der Waals surface area contributed by atoms with Crippen molar-refractivity contribution in [2.24, 2.45) is 0 Å². The third-order valence-corrected chi connectivity index (χ3v) is 5.58. The number of halogens is 2. The predicted octanol–water partition coefficient (Wildman–Crippen LogP) is 3.44. The lowest BCUT2D eigenvalue weighted by molar-refractivity contribution is -0.0512. The Bertz CT molecular complexity index is 970. The topological polar surface area (TPSA) is 72.9 Å². The monoisotopic (exact) mass is 411 g/mol. The molecule has 0 aliphatic carbocycles. The van der Waals surface area contributed by atoms with Gasteiger partial charge in [-0.1, -0.05) is 12.1 Å². The quantitative estimate of drug-likeness (QED) is 0.492. The highest BCUT2D eigenvalue weighted by Gasteiger charge is 2.17. The Morgan fingerprint density at radius 1 is 1.07 bits per heavy atom. The summed E-state index contributed by atoms with van der Waals surface area (Å²) in [4.78, 5) is 12.4. The SMILES string of the molecule is COc1cc(C=CC(=O)c2ccc(S(=O)(=O)N(C)C)cc2)ccc1OC(F)F. The van der Waals surface area contributed by atoms with Crippen LogP contribution in [0, 0.1) is 0 Å². The zero-order valence-electron chi connectivity index (χ0n) is 15.4. The molecule has 0 aromatic heterocycles. The van der Waals surface area contributed by atoms with E-state index in [-0.39, 0.29) is 22.2 Å². The van der Waals surface area contributed by atoms with Gasteiger partial charge in [-0.3, -0.25) is 4.79 Å². The highest BCUT2D eigenvalue weighted by molar-refractivity contribution is 7.89. The third-order valence-electron chi connectivity index (χ3n) is 3.75. The Kier molecular flexibility index (Phi) is 6.87. The number of carbonyl (C=O) groups is 1. The van der Waals surface area contributed by atoms with Gasteiger partial charge in [-0.2, -0.15) is 8.78 Å². The van der Waals surface area contributed by atoms with E-state index in [9.17, 15) is 22.0 Å². The van der Waals surface area contributed by atoms with Gasteiger partial charge in [0.25, 0.3) is 0 Å². The van der Waals surface area contributed by atoms with Crippen molar-refractivity contribution in [3.05, 3.63) is 59.7 Å². The standard InChI is InChI=1S/C19H19F2NO5S/c1-22(2)28(24,25)15-8-6-14(7-9-15)16(23)10-4-13-5-11-17(27-19(20)21)18(12-13)26-3/h4-12,19H,1-3H3. The maximum atomic E-state index is 12.3. The van der Waals surface area contributed by atoms with E-state index in [1.54, 1.807) is 0 Å². The number of hydrogen-bond acceptors (Lipinski definition) is 5. The second kappa shape index (κ2) is 8.94. The number of sulfonamides is 1. The van der Waals surface area contributed by atoms with Crippen molar-refractivity contribution in [2.45, 2.75) is 11.5 Å². The number of benzene rings is 2. The predicted molar refractivity (Wildman–Crippen MR) is 100 cm³/mol. The fraction of sp³-hybridized carbons (Fsp3) is 0.211. The van der Waals surface area contributed by atoms with Crippen molar-refractivity contribution in [2.75, 3.05) is 21.2 Å². The first-order valence-electron chi connectivity index (χ1n) is 8.03. The molecular weight excluding hydrogens is 392 g/mol. The van der Waals surface area contributed by atoms with Gasteiger partial charge < -0.3 is 9.47 Å². The van der Waals surface area contributed by atoms with E-state index >= 15 is 0 Å². The summed E-state index contributed by atoms with van der Waals surface area (Å²) in [5.74, 6) is -0.354. The lowest BCUT2D eigenvalue weighted by Gasteiger charge is -2.11. The van der Waals surface area contributed by atoms with Crippen LogP contribution in [0.25, 0.3) is 6.08 Å². The normalized spacial score (nSPS) is 12.0. The third kappa shape index (κ3) is 5.14. The van der Waals surface area contributed by atoms with Crippen LogP contribution in [0.15, 0.2) is 53.4 Å². The number of rotatable bonds is 8. The van der Waals surface area contributed by atoms with Crippen LogP contribution < -0.4 is 9.47 Å². The summed E-state index contributed by atoms with van der Waals surface area (Å²) in [6.07, 6.45) is 2.78. The molecule has 2 aromatic rings. The number of allylic oxidation sites excluding steroid dienone is 1. The van der Waals surface area contributed by atoms with E-state index in [4.69, 9.17) is 4.74 Å². The molecule has 6 nitrogen and oxygen atoms in total. The molecule has 9 heteroatoms. The molecule has 0 saturated carbocycles. The van der Waals surface area contributed by atoms with E-state index in [1.165, 1.54) is 75.8 Å². The Labute approximate surface area is 162 Å². The number of hydrogen-bond donors (Lipinski definition) is 0. The molecule has 2 aromatic carbocycles. The van der Waals surface area contributed by atoms with Crippen LogP contribution in [-0.4, -0.2) is 46.3 Å². The Morgan fingerprint density at radius 3 is 2.25 bits per heavy atom. The Hall–Kier alpha value is -2.78. The van der Waals surface area contributed by atoms with Gasteiger partial charge in [0.05, 0.1) is 12.0 Å². The minimum atomic E-state index is -3.57. The number of nitrogens with zero attached hydrogens (tertiary/aromatic N) is 1. The fourth-order valence-corrected chi connectivity index (χ4v) is 3.15. The molecule has 0 bridgehead atoms. The minimum Gasteiger partial charge on any atom is -0.493 e. The van der Waals surface area contributed by atoms with Gasteiger partial charge in [-0.05, 0) is 48.0 Å². The first-order chi connectivity index (χ1) is 13.1. The van der Waals surface area contributed by atoms with Crippen LogP contribution in [0.2, 0.25) is 0 Å². The smallest absolute Gasteiger partial charge is 0.387 e. The fourth-order valence-electron chi connectivity index (χ4n) is 2.25. The molecule has 0 fully saturated rings. The number of methoxy groups -OCH3 is 1. The van der Waals surface area contributed by atoms with E-state index in [2.05, 4.69) is 4.74 Å². The number of ether oxygens (including phenoxy) is 2. The highest BCUT2D eigenvalue weighted by Crippen LogP contribution is 2.30. The number of alkyl halides is 2. The molecule has 0 radical (unpaired) electrons. The summed E-state index contributed by atoms with van der Waals surface area (Å²) in [7, 11) is 0.584. The molecule has 2 rings (SSSR count). The second-order valence-corrected chi connectivity index (χ2v) is 7.95. The first-order valence-corrected chi connectivity index (χ1v) is 9.47. The summed E-state index contributed by atoms with van der Waals surface area (Å²) in [5.41, 5.74) is 0.845. The Morgan fingerprint density at radius 2 is 1.71 bits per heavy atom. The van der Waals surface area contributed by atoms with Gasteiger partial charge in [0.15, 0.2) is 17.3 Å². The molecule has 0 spiro atoms. The van der Waals surface area contributed by atoms with Gasteiger partial charge in [0, 0.05) is 19.7 Å². The van der Waals surface area contributed by atoms with Crippen LogP contribution in [0.3, 0.4) is 0 Å². The van der Waals surface area contributed by atoms with Crippen molar-refractivity contribution in [1.82, 2.24) is 4.31 Å². The number of carbonyl (C=O) groups excluding carboxylic acids is 1. The van der Waals surface area contributed by atoms with Crippen molar-refractivity contribution < 1.29 is 31.5 Å². The zero-order chi connectivity index (χ0) is 20.9. The molecule has 0 aliphatic rings. The van der Waals surface area contributed by atoms with Crippen LogP contribution in [0.5, 0.6) is 11.5 Å². The summed E-state index contributed by atoms with van der Waals surface area (Å²) in [5, 5.41) is 0. The molecule has 0 aliphatic heterocycles. The second-order valence-electron chi connectivity index (χ2n) is 5.80. The summed E-state index contributed by atoms with van der Waals surface area (Å²) >= 11 is 0. The molecule has 0 unspecified atom stereocenters. The maximum Gasteiger partial charge on any atom is 0.387 e. The lowest BCUT2D eigenvalue weighted by Crippen LogP contribution is -2.22. The van der Waals surface area contributed by atoms with Crippen molar-refractivity contribution in [1.29, 1.82) is 0 Å². The van der Waals surface area contributed by atoms with Gasteiger partial charge in [-0.25, -0.2) is 12.7 Å². The van der Waals surface area contributed by atoms with Crippen LogP contribution in [0.1, 0.15) is 15.9 Å². The van der Waals surface area contributed by atoms with Crippen molar-refractivity contribution in [3.63, 3.8) is 0 Å². The number of ketones is 1. The van der Waals surface area contributed by atoms with Crippen LogP contribution in [-0.2, 0) is 10.0 Å². The first kappa shape index (κ1) is 21.5. The molecule has 0 atom stereocenters. The maximum absolute atomic E-state index is 12.3. The van der Waals surface area contributed by atoms with Crippen molar-refractivity contribution >= 4 is 21.9 Å². The molecule has 0 N–H and O–H groups in total. The molecule has 0 heterocycles. The average Bonchev–Trinajstić information content (AvgIpc) is 2.66.